The number of hydrogen-bond acceptors (Lipinski definition) is 7. The van der Waals surface area contributed by atoms with Crippen LogP contribution in [0.5, 0.6) is 0 Å². The Morgan fingerprint density at radius 1 is 1.16 bits per heavy atom. The van der Waals surface area contributed by atoms with E-state index in [4.69, 9.17) is 0 Å². The Balaban J connectivity index is 1.39. The van der Waals surface area contributed by atoms with Gasteiger partial charge in [-0.15, -0.1) is 11.3 Å². The van der Waals surface area contributed by atoms with Gasteiger partial charge in [-0.1, -0.05) is 54.6 Å². The van der Waals surface area contributed by atoms with Crippen LogP contribution in [0.4, 0.5) is 5.13 Å². The third-order valence-electron chi connectivity index (χ3n) is 6.15. The molecule has 1 aliphatic rings. The van der Waals surface area contributed by atoms with E-state index in [0.717, 1.165) is 11.1 Å². The number of anilines is 1. The predicted octanol–water partition coefficient (Wildman–Crippen LogP) is 4.50. The zero-order valence-electron chi connectivity index (χ0n) is 20.8. The lowest BCUT2D eigenvalue weighted by molar-refractivity contribution is -0.115. The SMILES string of the molecule is CC(C)S(=O)(=O)c1cccc(C(=O)NCC(=O)Nc2nc(C3(C#N)C=CC=C(c4ccccc4)C3)cs2)c1. The first kappa shape index (κ1) is 27.0. The van der Waals surface area contributed by atoms with Gasteiger partial charge in [-0.05, 0) is 43.2 Å². The molecule has 1 heterocycles. The van der Waals surface area contributed by atoms with Gasteiger partial charge in [-0.2, -0.15) is 5.26 Å². The number of nitrogens with one attached hydrogen (secondary N) is 2. The molecular weight excluding hydrogens is 520 g/mol. The molecule has 0 spiro atoms. The molecule has 1 unspecified atom stereocenters. The van der Waals surface area contributed by atoms with Crippen LogP contribution >= 0.6 is 11.3 Å². The van der Waals surface area contributed by atoms with Gasteiger partial charge in [0.05, 0.1) is 28.5 Å². The van der Waals surface area contributed by atoms with Gasteiger partial charge in [0.25, 0.3) is 5.91 Å². The number of aromatic nitrogens is 1. The molecule has 0 bridgehead atoms. The van der Waals surface area contributed by atoms with Gasteiger partial charge >= 0.3 is 0 Å². The van der Waals surface area contributed by atoms with E-state index < -0.39 is 32.3 Å². The molecule has 8 nitrogen and oxygen atoms in total. The van der Waals surface area contributed by atoms with Crippen LogP contribution in [-0.4, -0.2) is 37.0 Å². The number of carbonyl (C=O) groups excluding carboxylic acids is 2. The van der Waals surface area contributed by atoms with E-state index in [-0.39, 0.29) is 17.0 Å². The first-order chi connectivity index (χ1) is 18.1. The molecule has 2 amide bonds. The summed E-state index contributed by atoms with van der Waals surface area (Å²) in [4.78, 5) is 29.6. The molecule has 3 aromatic rings. The zero-order chi connectivity index (χ0) is 27.3. The molecule has 1 atom stereocenters. The van der Waals surface area contributed by atoms with Crippen LogP contribution in [0.25, 0.3) is 5.57 Å². The maximum absolute atomic E-state index is 12.5. The number of amides is 2. The van der Waals surface area contributed by atoms with Crippen molar-refractivity contribution in [2.75, 3.05) is 11.9 Å². The second kappa shape index (κ2) is 11.1. The Morgan fingerprint density at radius 2 is 1.92 bits per heavy atom. The van der Waals surface area contributed by atoms with Crippen LogP contribution in [0, 0.1) is 11.3 Å². The highest BCUT2D eigenvalue weighted by Crippen LogP contribution is 2.39. The number of allylic oxidation sites excluding steroid dienone is 4. The summed E-state index contributed by atoms with van der Waals surface area (Å²) in [5.74, 6) is -1.07. The molecule has 1 aromatic heterocycles. The molecule has 0 fully saturated rings. The van der Waals surface area contributed by atoms with Crippen LogP contribution < -0.4 is 10.6 Å². The molecule has 4 rings (SSSR count). The summed E-state index contributed by atoms with van der Waals surface area (Å²) >= 11 is 1.19. The van der Waals surface area contributed by atoms with Crippen molar-refractivity contribution in [3.05, 3.63) is 95.0 Å². The van der Waals surface area contributed by atoms with Crippen molar-refractivity contribution in [3.63, 3.8) is 0 Å². The average molecular weight is 547 g/mol. The lowest BCUT2D eigenvalue weighted by Crippen LogP contribution is -2.33. The third kappa shape index (κ3) is 5.74. The van der Waals surface area contributed by atoms with Crippen molar-refractivity contribution < 1.29 is 18.0 Å². The largest absolute Gasteiger partial charge is 0.343 e. The molecule has 0 aliphatic heterocycles. The van der Waals surface area contributed by atoms with Crippen LogP contribution in [0.1, 0.15) is 41.9 Å². The minimum Gasteiger partial charge on any atom is -0.343 e. The smallest absolute Gasteiger partial charge is 0.251 e. The monoisotopic (exact) mass is 546 g/mol. The average Bonchev–Trinajstić information content (AvgIpc) is 3.41. The minimum atomic E-state index is -3.54. The highest BCUT2D eigenvalue weighted by atomic mass is 32.2. The number of nitrogens with zero attached hydrogens (tertiary/aromatic N) is 2. The number of rotatable bonds is 8. The summed E-state index contributed by atoms with van der Waals surface area (Å²) in [6.45, 7) is 2.80. The van der Waals surface area contributed by atoms with Crippen LogP contribution in [0.15, 0.2) is 83.1 Å². The summed E-state index contributed by atoms with van der Waals surface area (Å²) < 4.78 is 24.8. The second-order valence-electron chi connectivity index (χ2n) is 9.07. The van der Waals surface area contributed by atoms with E-state index in [0.29, 0.717) is 17.2 Å². The summed E-state index contributed by atoms with van der Waals surface area (Å²) in [6, 6.07) is 17.9. The fourth-order valence-corrected chi connectivity index (χ4v) is 5.87. The molecule has 0 saturated carbocycles. The lowest BCUT2D eigenvalue weighted by atomic mass is 9.76. The summed E-state index contributed by atoms with van der Waals surface area (Å²) in [5, 5.41) is 16.7. The van der Waals surface area contributed by atoms with Crippen LogP contribution in [0.3, 0.4) is 0 Å². The number of carbonyl (C=O) groups is 2. The summed E-state index contributed by atoms with van der Waals surface area (Å²) in [6.07, 6.45) is 6.09. The number of hydrogen-bond donors (Lipinski definition) is 2. The first-order valence-electron chi connectivity index (χ1n) is 11.9. The predicted molar refractivity (Wildman–Crippen MR) is 147 cm³/mol. The Morgan fingerprint density at radius 3 is 2.63 bits per heavy atom. The molecule has 194 valence electrons. The van der Waals surface area contributed by atoms with Gasteiger partial charge in [0.15, 0.2) is 15.0 Å². The molecule has 2 N–H and O–H groups in total. The maximum Gasteiger partial charge on any atom is 0.251 e. The molecule has 1 aliphatic carbocycles. The number of sulfone groups is 1. The Kier molecular flexibility index (Phi) is 7.90. The normalized spacial score (nSPS) is 16.9. The first-order valence-corrected chi connectivity index (χ1v) is 14.3. The quantitative estimate of drug-likeness (QED) is 0.428. The van der Waals surface area contributed by atoms with E-state index in [1.165, 1.54) is 35.6 Å². The topological polar surface area (TPSA) is 129 Å². The molecule has 10 heteroatoms. The van der Waals surface area contributed by atoms with Crippen molar-refractivity contribution in [2.24, 2.45) is 0 Å². The second-order valence-corrected chi connectivity index (χ2v) is 12.4. The molecular formula is C28H26N4O4S2. The van der Waals surface area contributed by atoms with Crippen molar-refractivity contribution in [1.29, 1.82) is 5.26 Å². The lowest BCUT2D eigenvalue weighted by Gasteiger charge is -2.25. The fraction of sp³-hybridized carbons (Fsp3) is 0.214. The van der Waals surface area contributed by atoms with Crippen molar-refractivity contribution >= 4 is 43.7 Å². The molecule has 0 saturated heterocycles. The highest BCUT2D eigenvalue weighted by molar-refractivity contribution is 7.92. The molecule has 0 radical (unpaired) electrons. The van der Waals surface area contributed by atoms with E-state index in [1.54, 1.807) is 19.2 Å². The van der Waals surface area contributed by atoms with Crippen molar-refractivity contribution in [3.8, 4) is 6.07 Å². The van der Waals surface area contributed by atoms with Gasteiger partial charge in [-0.3, -0.25) is 9.59 Å². The minimum absolute atomic E-state index is 0.0494. The molecule has 2 aromatic carbocycles. The van der Waals surface area contributed by atoms with E-state index >= 15 is 0 Å². The fourth-order valence-electron chi connectivity index (χ4n) is 3.96. The Bertz CT molecular complexity index is 1570. The number of nitriles is 1. The standard InChI is InChI=1S/C28H26N4O4S2/c1-19(2)38(35,36)23-12-6-10-21(14-23)26(34)30-16-25(33)32-27-31-24(17-37-27)28(18-29)13-7-11-22(15-28)20-8-4-3-5-9-20/h3-14,17,19H,15-16H2,1-2H3,(H,30,34)(H,31,32,33). The maximum atomic E-state index is 12.5. The van der Waals surface area contributed by atoms with Crippen LogP contribution in [-0.2, 0) is 20.0 Å². The highest BCUT2D eigenvalue weighted by Gasteiger charge is 2.35. The molecule has 38 heavy (non-hydrogen) atoms. The van der Waals surface area contributed by atoms with E-state index in [1.807, 2.05) is 48.6 Å². The van der Waals surface area contributed by atoms with E-state index in [2.05, 4.69) is 21.7 Å². The van der Waals surface area contributed by atoms with Crippen LogP contribution in [0.2, 0.25) is 0 Å². The third-order valence-corrected chi connectivity index (χ3v) is 9.06. The van der Waals surface area contributed by atoms with E-state index in [9.17, 15) is 23.3 Å². The Labute approximate surface area is 225 Å². The van der Waals surface area contributed by atoms with Gasteiger partial charge < -0.3 is 10.6 Å². The summed E-state index contributed by atoms with van der Waals surface area (Å²) in [7, 11) is -3.54. The number of thiazole rings is 1. The van der Waals surface area contributed by atoms with Crippen molar-refractivity contribution in [1.82, 2.24) is 10.3 Å². The van der Waals surface area contributed by atoms with Gasteiger partial charge in [0.1, 0.15) is 5.41 Å². The number of benzene rings is 2. The zero-order valence-corrected chi connectivity index (χ0v) is 22.5. The Hall–Kier alpha value is -4.07. The summed E-state index contributed by atoms with van der Waals surface area (Å²) in [5.41, 5.74) is 1.75. The van der Waals surface area contributed by atoms with Gasteiger partial charge in [0.2, 0.25) is 5.91 Å². The van der Waals surface area contributed by atoms with Crippen molar-refractivity contribution in [2.45, 2.75) is 35.8 Å². The van der Waals surface area contributed by atoms with Gasteiger partial charge in [-0.25, -0.2) is 13.4 Å². The van der Waals surface area contributed by atoms with Gasteiger partial charge in [0, 0.05) is 17.4 Å².